The van der Waals surface area contributed by atoms with E-state index in [-0.39, 0.29) is 6.03 Å². The number of rotatable bonds is 4. The molecule has 1 heterocycles. The van der Waals surface area contributed by atoms with E-state index in [0.717, 1.165) is 35.8 Å². The van der Waals surface area contributed by atoms with Crippen LogP contribution in [0.5, 0.6) is 0 Å². The number of nitrogens with one attached hydrogen (secondary N) is 1. The van der Waals surface area contributed by atoms with Gasteiger partial charge in [-0.1, -0.05) is 25.1 Å². The highest BCUT2D eigenvalue weighted by molar-refractivity contribution is 7.99. The van der Waals surface area contributed by atoms with Crippen molar-refractivity contribution in [2.24, 2.45) is 5.92 Å². The molecular formula is C16H22N2OS. The molecule has 20 heavy (non-hydrogen) atoms. The van der Waals surface area contributed by atoms with E-state index in [9.17, 15) is 4.79 Å². The van der Waals surface area contributed by atoms with Gasteiger partial charge in [-0.3, -0.25) is 0 Å². The summed E-state index contributed by atoms with van der Waals surface area (Å²) in [7, 11) is 0. The maximum atomic E-state index is 12.3. The highest BCUT2D eigenvalue weighted by Crippen LogP contribution is 2.27. The zero-order valence-corrected chi connectivity index (χ0v) is 12.8. The molecule has 1 saturated heterocycles. The van der Waals surface area contributed by atoms with Crippen molar-refractivity contribution in [3.63, 3.8) is 0 Å². The number of nitrogens with zero attached hydrogens (tertiary/aromatic N) is 1. The first kappa shape index (κ1) is 15.0. The zero-order chi connectivity index (χ0) is 14.4. The number of para-hydroxylation sites is 1. The van der Waals surface area contributed by atoms with E-state index in [1.807, 2.05) is 35.2 Å². The van der Waals surface area contributed by atoms with Crippen LogP contribution >= 0.6 is 11.8 Å². The first-order valence-corrected chi connectivity index (χ1v) is 8.08. The number of piperidine rings is 1. The molecule has 1 fully saturated rings. The Hall–Kier alpha value is -1.42. The van der Waals surface area contributed by atoms with Gasteiger partial charge >= 0.3 is 6.03 Å². The highest BCUT2D eigenvalue weighted by Gasteiger charge is 2.21. The van der Waals surface area contributed by atoms with Gasteiger partial charge in [0.15, 0.2) is 0 Å². The van der Waals surface area contributed by atoms with Crippen LogP contribution in [0, 0.1) is 5.92 Å². The number of hydrogen-bond acceptors (Lipinski definition) is 2. The van der Waals surface area contributed by atoms with E-state index in [2.05, 4.69) is 18.8 Å². The molecule has 0 saturated carbocycles. The largest absolute Gasteiger partial charge is 0.324 e. The molecule has 4 heteroatoms. The second-order valence-corrected chi connectivity index (χ2v) is 6.28. The summed E-state index contributed by atoms with van der Waals surface area (Å²) in [6, 6.07) is 7.94. The van der Waals surface area contributed by atoms with Crippen LogP contribution in [0.15, 0.2) is 41.8 Å². The Balaban J connectivity index is 2.01. The van der Waals surface area contributed by atoms with Crippen molar-refractivity contribution in [3.8, 4) is 0 Å². The van der Waals surface area contributed by atoms with Crippen molar-refractivity contribution in [3.05, 3.63) is 36.9 Å². The lowest BCUT2D eigenvalue weighted by Gasteiger charge is -2.31. The van der Waals surface area contributed by atoms with Crippen LogP contribution in [-0.4, -0.2) is 29.8 Å². The van der Waals surface area contributed by atoms with Gasteiger partial charge in [0, 0.05) is 23.7 Å². The molecule has 0 radical (unpaired) electrons. The van der Waals surface area contributed by atoms with Gasteiger partial charge in [-0.25, -0.2) is 4.79 Å². The Morgan fingerprint density at radius 3 is 3.10 bits per heavy atom. The Labute approximate surface area is 125 Å². The van der Waals surface area contributed by atoms with E-state index in [0.29, 0.717) is 5.92 Å². The fourth-order valence-corrected chi connectivity index (χ4v) is 3.16. The van der Waals surface area contributed by atoms with Gasteiger partial charge < -0.3 is 10.2 Å². The number of benzene rings is 1. The summed E-state index contributed by atoms with van der Waals surface area (Å²) in [6.07, 6.45) is 4.19. The lowest BCUT2D eigenvalue weighted by atomic mass is 10.0. The average molecular weight is 290 g/mol. The van der Waals surface area contributed by atoms with Crippen LogP contribution in [-0.2, 0) is 0 Å². The molecule has 1 N–H and O–H groups in total. The molecule has 0 aliphatic carbocycles. The third-order valence-corrected chi connectivity index (χ3v) is 4.50. The fourth-order valence-electron chi connectivity index (χ4n) is 2.41. The number of carbonyl (C=O) groups excluding carboxylic acids is 1. The van der Waals surface area contributed by atoms with E-state index in [4.69, 9.17) is 0 Å². The first-order chi connectivity index (χ1) is 9.70. The van der Waals surface area contributed by atoms with Crippen molar-refractivity contribution in [1.29, 1.82) is 0 Å². The Morgan fingerprint density at radius 2 is 2.35 bits per heavy atom. The zero-order valence-electron chi connectivity index (χ0n) is 12.0. The summed E-state index contributed by atoms with van der Waals surface area (Å²) >= 11 is 1.68. The second-order valence-electron chi connectivity index (χ2n) is 5.22. The smallest absolute Gasteiger partial charge is 0.321 e. The predicted molar refractivity (Wildman–Crippen MR) is 86.4 cm³/mol. The molecule has 1 aliphatic rings. The Morgan fingerprint density at radius 1 is 1.55 bits per heavy atom. The van der Waals surface area contributed by atoms with Gasteiger partial charge in [0.05, 0.1) is 5.69 Å². The third kappa shape index (κ3) is 4.04. The molecule has 0 bridgehead atoms. The molecule has 2 rings (SSSR count). The quantitative estimate of drug-likeness (QED) is 0.665. The van der Waals surface area contributed by atoms with Crippen LogP contribution in [0.3, 0.4) is 0 Å². The molecule has 0 spiro atoms. The number of likely N-dealkylation sites (tertiary alicyclic amines) is 1. The molecular weight excluding hydrogens is 268 g/mol. The monoisotopic (exact) mass is 290 g/mol. The number of carbonyl (C=O) groups is 1. The van der Waals surface area contributed by atoms with E-state index >= 15 is 0 Å². The molecule has 1 atom stereocenters. The number of hydrogen-bond donors (Lipinski definition) is 1. The summed E-state index contributed by atoms with van der Waals surface area (Å²) in [5.41, 5.74) is 0.891. The van der Waals surface area contributed by atoms with Crippen molar-refractivity contribution >= 4 is 23.5 Å². The molecule has 1 aliphatic heterocycles. The maximum Gasteiger partial charge on any atom is 0.321 e. The second kappa shape index (κ2) is 7.39. The lowest BCUT2D eigenvalue weighted by Crippen LogP contribution is -2.41. The number of amides is 2. The molecule has 0 unspecified atom stereocenters. The molecule has 108 valence electrons. The maximum absolute atomic E-state index is 12.3. The number of anilines is 1. The van der Waals surface area contributed by atoms with E-state index in [1.54, 1.807) is 11.8 Å². The van der Waals surface area contributed by atoms with Crippen LogP contribution in [0.2, 0.25) is 0 Å². The molecule has 3 nitrogen and oxygen atoms in total. The number of thioether (sulfide) groups is 1. The molecule has 1 aromatic rings. The summed E-state index contributed by atoms with van der Waals surface area (Å²) in [4.78, 5) is 15.3. The third-order valence-electron chi connectivity index (χ3n) is 3.43. The van der Waals surface area contributed by atoms with E-state index < -0.39 is 0 Å². The van der Waals surface area contributed by atoms with Gasteiger partial charge in [0.1, 0.15) is 0 Å². The van der Waals surface area contributed by atoms with Crippen molar-refractivity contribution in [2.45, 2.75) is 24.7 Å². The van der Waals surface area contributed by atoms with E-state index in [1.165, 1.54) is 6.42 Å². The van der Waals surface area contributed by atoms with Crippen LogP contribution < -0.4 is 5.32 Å². The van der Waals surface area contributed by atoms with Gasteiger partial charge in [-0.2, -0.15) is 0 Å². The van der Waals surface area contributed by atoms with Crippen LogP contribution in [0.4, 0.5) is 10.5 Å². The Kier molecular flexibility index (Phi) is 5.53. The van der Waals surface area contributed by atoms with Gasteiger partial charge in [0.25, 0.3) is 0 Å². The molecule has 1 aromatic carbocycles. The normalized spacial score (nSPS) is 18.6. The van der Waals surface area contributed by atoms with Crippen molar-refractivity contribution < 1.29 is 4.79 Å². The minimum absolute atomic E-state index is 0.0169. The van der Waals surface area contributed by atoms with Crippen molar-refractivity contribution in [1.82, 2.24) is 4.90 Å². The van der Waals surface area contributed by atoms with Crippen LogP contribution in [0.25, 0.3) is 0 Å². The molecule has 2 amide bonds. The minimum Gasteiger partial charge on any atom is -0.324 e. The Bertz CT molecular complexity index is 475. The summed E-state index contributed by atoms with van der Waals surface area (Å²) in [6.45, 7) is 7.65. The topological polar surface area (TPSA) is 32.3 Å². The highest BCUT2D eigenvalue weighted by atomic mass is 32.2. The van der Waals surface area contributed by atoms with Gasteiger partial charge in [-0.15, -0.1) is 18.3 Å². The van der Waals surface area contributed by atoms with Gasteiger partial charge in [-0.05, 0) is 30.9 Å². The summed E-state index contributed by atoms with van der Waals surface area (Å²) in [5, 5.41) is 3.04. The number of urea groups is 1. The molecule has 0 aromatic heterocycles. The average Bonchev–Trinajstić information content (AvgIpc) is 2.46. The van der Waals surface area contributed by atoms with Gasteiger partial charge in [0.2, 0.25) is 0 Å². The van der Waals surface area contributed by atoms with Crippen LogP contribution in [0.1, 0.15) is 19.8 Å². The summed E-state index contributed by atoms with van der Waals surface area (Å²) in [5.74, 6) is 1.44. The lowest BCUT2D eigenvalue weighted by molar-refractivity contribution is 0.182. The first-order valence-electron chi connectivity index (χ1n) is 7.09. The van der Waals surface area contributed by atoms with Crippen molar-refractivity contribution in [2.75, 3.05) is 24.2 Å². The minimum atomic E-state index is 0.0169. The summed E-state index contributed by atoms with van der Waals surface area (Å²) < 4.78 is 0. The SMILES string of the molecule is C=CCSc1ccccc1NC(=O)N1CCC[C@H](C)C1. The predicted octanol–water partition coefficient (Wildman–Crippen LogP) is 4.23. The standard InChI is InChI=1S/C16H22N2OS/c1-3-11-20-15-9-5-4-8-14(15)17-16(19)18-10-6-7-13(2)12-18/h3-5,8-9,13H,1,6-7,10-12H2,2H3,(H,17,19)/t13-/m0/s1. The fraction of sp³-hybridized carbons (Fsp3) is 0.438.